The second-order valence-corrected chi connectivity index (χ2v) is 7.60. The lowest BCUT2D eigenvalue weighted by Crippen LogP contribution is -2.44. The van der Waals surface area contributed by atoms with Gasteiger partial charge < -0.3 is 23.7 Å². The van der Waals surface area contributed by atoms with Gasteiger partial charge in [0.25, 0.3) is 5.91 Å². The number of carbonyl (C=O) groups is 3. The average Bonchev–Trinajstić information content (AvgIpc) is 3.02. The van der Waals surface area contributed by atoms with Crippen LogP contribution in [0.3, 0.4) is 0 Å². The quantitative estimate of drug-likeness (QED) is 0.318. The molecule has 0 N–H and O–H groups in total. The number of ether oxygens (including phenoxy) is 3. The number of amides is 1. The summed E-state index contributed by atoms with van der Waals surface area (Å²) in [6, 6.07) is 6.08. The number of rotatable bonds is 10. The summed E-state index contributed by atoms with van der Waals surface area (Å²) in [7, 11) is 6.14. The number of nitrogens with zero attached hydrogens (tertiary/aromatic N) is 2. The van der Waals surface area contributed by atoms with E-state index < -0.39 is 12.0 Å². The van der Waals surface area contributed by atoms with Crippen molar-refractivity contribution >= 4 is 17.7 Å². The Morgan fingerprint density at radius 1 is 1.12 bits per heavy atom. The van der Waals surface area contributed by atoms with E-state index in [1.54, 1.807) is 68.7 Å². The molecule has 1 heterocycles. The first kappa shape index (κ1) is 25.1. The molecule has 1 atom stereocenters. The van der Waals surface area contributed by atoms with Crippen molar-refractivity contribution in [2.45, 2.75) is 33.2 Å². The number of benzene rings is 1. The summed E-state index contributed by atoms with van der Waals surface area (Å²) in [5.41, 5.74) is 2.36. The van der Waals surface area contributed by atoms with Crippen molar-refractivity contribution < 1.29 is 28.6 Å². The van der Waals surface area contributed by atoms with Crippen LogP contribution in [0.15, 0.2) is 24.3 Å². The summed E-state index contributed by atoms with van der Waals surface area (Å²) in [5, 5.41) is 0. The maximum absolute atomic E-state index is 13.6. The third-order valence-electron chi connectivity index (χ3n) is 5.73. The van der Waals surface area contributed by atoms with Crippen LogP contribution in [-0.2, 0) is 16.5 Å². The fraction of sp³-hybridized carbons (Fsp3) is 0.458. The lowest BCUT2D eigenvalue weighted by molar-refractivity contribution is 0.0587. The number of hydrogen-bond donors (Lipinski definition) is 0. The molecular weight excluding hydrogens is 412 g/mol. The summed E-state index contributed by atoms with van der Waals surface area (Å²) in [5.74, 6) is -0.465. The molecule has 1 aromatic carbocycles. The second kappa shape index (κ2) is 10.9. The van der Waals surface area contributed by atoms with E-state index in [1.165, 1.54) is 14.2 Å². The number of ketones is 1. The first-order valence-electron chi connectivity index (χ1n) is 10.4. The summed E-state index contributed by atoms with van der Waals surface area (Å²) < 4.78 is 16.9. The predicted molar refractivity (Wildman–Crippen MR) is 121 cm³/mol. The van der Waals surface area contributed by atoms with Crippen molar-refractivity contribution in [1.29, 1.82) is 0 Å². The summed E-state index contributed by atoms with van der Waals surface area (Å²) >= 11 is 0. The zero-order valence-electron chi connectivity index (χ0n) is 19.9. The number of hydrogen-bond acceptors (Lipinski definition) is 6. The molecule has 0 aliphatic carbocycles. The molecule has 8 nitrogen and oxygen atoms in total. The Balaban J connectivity index is 2.45. The maximum atomic E-state index is 13.6. The van der Waals surface area contributed by atoms with Crippen molar-refractivity contribution in [3.8, 4) is 5.75 Å². The number of aromatic nitrogens is 1. The molecule has 0 saturated heterocycles. The highest BCUT2D eigenvalue weighted by Gasteiger charge is 2.32. The third-order valence-corrected chi connectivity index (χ3v) is 5.73. The standard InChI is InChI=1S/C24H32N2O6/c1-15-20(16(2)25(4)21(15)24(29)32-7)22(27)17(3)26(12-9-13-30-5)23(28)18-10-8-11-19(14-18)31-6/h8,10-11,14,17H,9,12-13H2,1-7H3. The van der Waals surface area contributed by atoms with Crippen molar-refractivity contribution in [1.82, 2.24) is 9.47 Å². The first-order chi connectivity index (χ1) is 15.2. The number of methoxy groups -OCH3 is 3. The Hall–Kier alpha value is -3.13. The summed E-state index contributed by atoms with van der Waals surface area (Å²) in [6.45, 7) is 6.00. The molecule has 2 aromatic rings. The van der Waals surface area contributed by atoms with Gasteiger partial charge in [0.1, 0.15) is 11.4 Å². The van der Waals surface area contributed by atoms with Gasteiger partial charge in [-0.15, -0.1) is 0 Å². The molecule has 0 bridgehead atoms. The molecule has 1 amide bonds. The molecule has 174 valence electrons. The minimum absolute atomic E-state index is 0.237. The third kappa shape index (κ3) is 5.02. The van der Waals surface area contributed by atoms with E-state index in [2.05, 4.69) is 0 Å². The molecule has 0 spiro atoms. The van der Waals surface area contributed by atoms with Crippen molar-refractivity contribution in [2.24, 2.45) is 7.05 Å². The summed E-state index contributed by atoms with van der Waals surface area (Å²) in [4.78, 5) is 40.7. The molecule has 0 radical (unpaired) electrons. The Bertz CT molecular complexity index is 995. The van der Waals surface area contributed by atoms with Gasteiger partial charge >= 0.3 is 5.97 Å². The van der Waals surface area contributed by atoms with Crippen LogP contribution in [0.4, 0.5) is 0 Å². The molecule has 8 heteroatoms. The fourth-order valence-electron chi connectivity index (χ4n) is 3.85. The minimum atomic E-state index is -0.754. The molecule has 1 aromatic heterocycles. The van der Waals surface area contributed by atoms with Gasteiger partial charge in [0.2, 0.25) is 0 Å². The normalized spacial score (nSPS) is 11.7. The second-order valence-electron chi connectivity index (χ2n) is 7.60. The van der Waals surface area contributed by atoms with Gasteiger partial charge in [0, 0.05) is 44.1 Å². The molecule has 0 aliphatic heterocycles. The molecule has 0 aliphatic rings. The smallest absolute Gasteiger partial charge is 0.354 e. The van der Waals surface area contributed by atoms with Crippen LogP contribution >= 0.6 is 0 Å². The van der Waals surface area contributed by atoms with Gasteiger partial charge in [-0.1, -0.05) is 6.07 Å². The SMILES string of the molecule is COCCCN(C(=O)c1cccc(OC)c1)C(C)C(=O)c1c(C)c(C(=O)OC)n(C)c1C. The van der Waals surface area contributed by atoms with E-state index in [9.17, 15) is 14.4 Å². The van der Waals surface area contributed by atoms with Crippen molar-refractivity contribution in [3.05, 3.63) is 52.3 Å². The largest absolute Gasteiger partial charge is 0.497 e. The zero-order chi connectivity index (χ0) is 24.0. The predicted octanol–water partition coefficient (Wildman–Crippen LogP) is 3.19. The highest BCUT2D eigenvalue weighted by molar-refractivity contribution is 6.07. The topological polar surface area (TPSA) is 87.1 Å². The number of carbonyl (C=O) groups excluding carboxylic acids is 3. The van der Waals surface area contributed by atoms with Crippen LogP contribution < -0.4 is 4.74 Å². The van der Waals surface area contributed by atoms with E-state index in [0.29, 0.717) is 53.4 Å². The van der Waals surface area contributed by atoms with Gasteiger partial charge in [-0.3, -0.25) is 9.59 Å². The maximum Gasteiger partial charge on any atom is 0.354 e. The zero-order valence-corrected chi connectivity index (χ0v) is 19.9. The van der Waals surface area contributed by atoms with Crippen LogP contribution in [0.2, 0.25) is 0 Å². The highest BCUT2D eigenvalue weighted by atomic mass is 16.5. The number of Topliss-reactive ketones (excluding diaryl/α,β-unsaturated/α-hetero) is 1. The van der Waals surface area contributed by atoms with E-state index in [-0.39, 0.29) is 11.7 Å². The van der Waals surface area contributed by atoms with E-state index in [0.717, 1.165) is 0 Å². The van der Waals surface area contributed by atoms with Crippen LogP contribution in [0.5, 0.6) is 5.75 Å². The van der Waals surface area contributed by atoms with Gasteiger partial charge in [-0.2, -0.15) is 0 Å². The van der Waals surface area contributed by atoms with E-state index in [1.807, 2.05) is 0 Å². The van der Waals surface area contributed by atoms with Gasteiger partial charge in [-0.25, -0.2) is 4.79 Å². The molecule has 32 heavy (non-hydrogen) atoms. The Morgan fingerprint density at radius 3 is 2.41 bits per heavy atom. The van der Waals surface area contributed by atoms with Crippen LogP contribution in [0.1, 0.15) is 55.8 Å². The van der Waals surface area contributed by atoms with Crippen molar-refractivity contribution in [2.75, 3.05) is 34.5 Å². The molecule has 1 unspecified atom stereocenters. The first-order valence-corrected chi connectivity index (χ1v) is 10.4. The number of esters is 1. The Labute approximate surface area is 189 Å². The highest BCUT2D eigenvalue weighted by Crippen LogP contribution is 2.25. The molecule has 0 fully saturated rings. The van der Waals surface area contributed by atoms with Gasteiger partial charge in [0.15, 0.2) is 5.78 Å². The van der Waals surface area contributed by atoms with Crippen LogP contribution in [0, 0.1) is 13.8 Å². The van der Waals surface area contributed by atoms with Crippen LogP contribution in [-0.4, -0.2) is 67.6 Å². The lowest BCUT2D eigenvalue weighted by Gasteiger charge is -2.29. The fourth-order valence-corrected chi connectivity index (χ4v) is 3.85. The lowest BCUT2D eigenvalue weighted by atomic mass is 9.99. The van der Waals surface area contributed by atoms with E-state index in [4.69, 9.17) is 14.2 Å². The average molecular weight is 445 g/mol. The molecule has 0 saturated carbocycles. The van der Waals surface area contributed by atoms with Crippen molar-refractivity contribution in [3.63, 3.8) is 0 Å². The monoisotopic (exact) mass is 444 g/mol. The Morgan fingerprint density at radius 2 is 1.81 bits per heavy atom. The van der Waals surface area contributed by atoms with Gasteiger partial charge in [-0.05, 0) is 51.0 Å². The van der Waals surface area contributed by atoms with E-state index >= 15 is 0 Å². The van der Waals surface area contributed by atoms with Crippen LogP contribution in [0.25, 0.3) is 0 Å². The molecule has 2 rings (SSSR count). The molecular formula is C24H32N2O6. The minimum Gasteiger partial charge on any atom is -0.497 e. The summed E-state index contributed by atoms with van der Waals surface area (Å²) in [6.07, 6.45) is 0.573. The van der Waals surface area contributed by atoms with Gasteiger partial charge in [0.05, 0.1) is 20.3 Å². The Kier molecular flexibility index (Phi) is 8.60.